The van der Waals surface area contributed by atoms with E-state index in [1.807, 2.05) is 0 Å². The van der Waals surface area contributed by atoms with Crippen molar-refractivity contribution in [1.82, 2.24) is 0 Å². The van der Waals surface area contributed by atoms with Gasteiger partial charge in [-0.2, -0.15) is 0 Å². The number of hydrogen-bond acceptors (Lipinski definition) is 4. The summed E-state index contributed by atoms with van der Waals surface area (Å²) in [5.41, 5.74) is 0.616. The van der Waals surface area contributed by atoms with Crippen LogP contribution in [-0.2, 0) is 14.3 Å². The van der Waals surface area contributed by atoms with Gasteiger partial charge in [-0.25, -0.2) is 9.18 Å². The summed E-state index contributed by atoms with van der Waals surface area (Å²) in [6, 6.07) is 11.8. The number of benzene rings is 2. The number of para-hydroxylation sites is 1. The van der Waals surface area contributed by atoms with Crippen LogP contribution in [0.1, 0.15) is 24.2 Å². The average molecular weight is 344 g/mol. The van der Waals surface area contributed by atoms with Crippen LogP contribution in [0.2, 0.25) is 0 Å². The van der Waals surface area contributed by atoms with Crippen LogP contribution < -0.4 is 10.6 Å². The molecular formula is C18H17FN2O4. The minimum Gasteiger partial charge on any atom is -0.449 e. The van der Waals surface area contributed by atoms with E-state index >= 15 is 0 Å². The monoisotopic (exact) mass is 344 g/mol. The van der Waals surface area contributed by atoms with Gasteiger partial charge in [-0.15, -0.1) is 0 Å². The highest BCUT2D eigenvalue weighted by Crippen LogP contribution is 2.15. The molecule has 1 atom stereocenters. The van der Waals surface area contributed by atoms with Gasteiger partial charge in [-0.3, -0.25) is 9.59 Å². The zero-order chi connectivity index (χ0) is 18.4. The first-order chi connectivity index (χ1) is 11.9. The number of anilines is 2. The maximum atomic E-state index is 13.5. The van der Waals surface area contributed by atoms with Crippen molar-refractivity contribution in [2.75, 3.05) is 10.6 Å². The Morgan fingerprint density at radius 1 is 1.04 bits per heavy atom. The minimum absolute atomic E-state index is 0.00283. The van der Waals surface area contributed by atoms with Gasteiger partial charge in [0.05, 0.1) is 11.3 Å². The Balaban J connectivity index is 2.01. The van der Waals surface area contributed by atoms with Gasteiger partial charge in [0.2, 0.25) is 5.91 Å². The molecule has 2 rings (SSSR count). The highest BCUT2D eigenvalue weighted by molar-refractivity contribution is 5.98. The molecule has 6 nitrogen and oxygen atoms in total. The molecule has 1 unspecified atom stereocenters. The Morgan fingerprint density at radius 2 is 1.76 bits per heavy atom. The quantitative estimate of drug-likeness (QED) is 0.817. The molecule has 2 aromatic rings. The Labute approximate surface area is 144 Å². The SMILES string of the molecule is CC(=O)Nc1cccc(C(=O)OC(C)C(=O)Nc2ccccc2F)c1. The Morgan fingerprint density at radius 3 is 2.44 bits per heavy atom. The van der Waals surface area contributed by atoms with Crippen LogP contribution in [0.5, 0.6) is 0 Å². The van der Waals surface area contributed by atoms with Gasteiger partial charge in [0, 0.05) is 12.6 Å². The third kappa shape index (κ3) is 5.13. The molecule has 25 heavy (non-hydrogen) atoms. The molecule has 0 aliphatic carbocycles. The van der Waals surface area contributed by atoms with E-state index in [1.54, 1.807) is 18.2 Å². The molecule has 2 N–H and O–H groups in total. The van der Waals surface area contributed by atoms with Crippen molar-refractivity contribution in [3.05, 3.63) is 59.9 Å². The summed E-state index contributed by atoms with van der Waals surface area (Å²) in [7, 11) is 0. The summed E-state index contributed by atoms with van der Waals surface area (Å²) in [6.07, 6.45) is -1.13. The number of ether oxygens (including phenoxy) is 1. The molecule has 0 aliphatic heterocycles. The number of rotatable bonds is 5. The van der Waals surface area contributed by atoms with E-state index in [0.717, 1.165) is 0 Å². The molecule has 2 aromatic carbocycles. The fourth-order valence-corrected chi connectivity index (χ4v) is 2.01. The van der Waals surface area contributed by atoms with Crippen LogP contribution >= 0.6 is 0 Å². The fraction of sp³-hybridized carbons (Fsp3) is 0.167. The van der Waals surface area contributed by atoms with Crippen molar-refractivity contribution in [3.63, 3.8) is 0 Å². The zero-order valence-corrected chi connectivity index (χ0v) is 13.7. The second-order valence-electron chi connectivity index (χ2n) is 5.28. The first-order valence-electron chi connectivity index (χ1n) is 7.51. The van der Waals surface area contributed by atoms with Crippen LogP contribution in [0.4, 0.5) is 15.8 Å². The standard InChI is InChI=1S/C18H17FN2O4/c1-11(17(23)21-16-9-4-3-8-15(16)19)25-18(24)13-6-5-7-14(10-13)20-12(2)22/h3-11H,1-2H3,(H,20,22)(H,21,23). The molecule has 0 heterocycles. The average Bonchev–Trinajstić information content (AvgIpc) is 2.56. The lowest BCUT2D eigenvalue weighted by Crippen LogP contribution is -2.30. The van der Waals surface area contributed by atoms with Crippen molar-refractivity contribution in [2.24, 2.45) is 0 Å². The van der Waals surface area contributed by atoms with Gasteiger partial charge < -0.3 is 15.4 Å². The summed E-state index contributed by atoms with van der Waals surface area (Å²) in [4.78, 5) is 35.2. The van der Waals surface area contributed by atoms with Gasteiger partial charge >= 0.3 is 5.97 Å². The summed E-state index contributed by atoms with van der Waals surface area (Å²) < 4.78 is 18.6. The van der Waals surface area contributed by atoms with Crippen LogP contribution in [-0.4, -0.2) is 23.9 Å². The number of halogens is 1. The molecule has 0 radical (unpaired) electrons. The molecule has 0 saturated carbocycles. The van der Waals surface area contributed by atoms with Crippen LogP contribution in [0.3, 0.4) is 0 Å². The Kier molecular flexibility index (Phi) is 5.84. The van der Waals surface area contributed by atoms with Gasteiger partial charge in [0.15, 0.2) is 6.10 Å². The zero-order valence-electron chi connectivity index (χ0n) is 13.7. The van der Waals surface area contributed by atoms with E-state index in [2.05, 4.69) is 10.6 Å². The number of hydrogen-bond donors (Lipinski definition) is 2. The summed E-state index contributed by atoms with van der Waals surface area (Å²) in [5.74, 6) is -2.25. The fourth-order valence-electron chi connectivity index (χ4n) is 2.01. The molecule has 0 bridgehead atoms. The van der Waals surface area contributed by atoms with E-state index in [-0.39, 0.29) is 17.2 Å². The second kappa shape index (κ2) is 8.05. The van der Waals surface area contributed by atoms with E-state index in [4.69, 9.17) is 4.74 Å². The third-order valence-electron chi connectivity index (χ3n) is 3.20. The molecule has 2 amide bonds. The van der Waals surface area contributed by atoms with Crippen LogP contribution in [0, 0.1) is 5.82 Å². The van der Waals surface area contributed by atoms with E-state index in [1.165, 1.54) is 44.2 Å². The summed E-state index contributed by atoms with van der Waals surface area (Å²) in [6.45, 7) is 2.73. The lowest BCUT2D eigenvalue weighted by atomic mass is 10.2. The summed E-state index contributed by atoms with van der Waals surface area (Å²) >= 11 is 0. The van der Waals surface area contributed by atoms with Gasteiger partial charge in [0.25, 0.3) is 5.91 Å². The number of carbonyl (C=O) groups is 3. The third-order valence-corrected chi connectivity index (χ3v) is 3.20. The second-order valence-corrected chi connectivity index (χ2v) is 5.28. The number of esters is 1. The maximum absolute atomic E-state index is 13.5. The Hall–Kier alpha value is -3.22. The number of carbonyl (C=O) groups excluding carboxylic acids is 3. The molecule has 0 saturated heterocycles. The highest BCUT2D eigenvalue weighted by Gasteiger charge is 2.20. The molecule has 0 aromatic heterocycles. The van der Waals surface area contributed by atoms with Crippen molar-refractivity contribution >= 4 is 29.2 Å². The Bertz CT molecular complexity index is 807. The minimum atomic E-state index is -1.13. The van der Waals surface area contributed by atoms with E-state index < -0.39 is 23.8 Å². The van der Waals surface area contributed by atoms with Crippen molar-refractivity contribution in [3.8, 4) is 0 Å². The smallest absolute Gasteiger partial charge is 0.338 e. The molecule has 0 aliphatic rings. The summed E-state index contributed by atoms with van der Waals surface area (Å²) in [5, 5.41) is 4.90. The van der Waals surface area contributed by atoms with Gasteiger partial charge in [-0.1, -0.05) is 18.2 Å². The van der Waals surface area contributed by atoms with E-state index in [0.29, 0.717) is 5.69 Å². The van der Waals surface area contributed by atoms with Crippen LogP contribution in [0.15, 0.2) is 48.5 Å². The van der Waals surface area contributed by atoms with E-state index in [9.17, 15) is 18.8 Å². The predicted octanol–water partition coefficient (Wildman–Crippen LogP) is 2.97. The lowest BCUT2D eigenvalue weighted by Gasteiger charge is -2.14. The maximum Gasteiger partial charge on any atom is 0.338 e. The first kappa shape index (κ1) is 18.1. The van der Waals surface area contributed by atoms with Gasteiger partial charge in [-0.05, 0) is 37.3 Å². The highest BCUT2D eigenvalue weighted by atomic mass is 19.1. The van der Waals surface area contributed by atoms with Crippen molar-refractivity contribution in [2.45, 2.75) is 20.0 Å². The molecule has 130 valence electrons. The largest absolute Gasteiger partial charge is 0.449 e. The molecule has 7 heteroatoms. The first-order valence-corrected chi connectivity index (χ1v) is 7.51. The van der Waals surface area contributed by atoms with Gasteiger partial charge in [0.1, 0.15) is 5.82 Å². The normalized spacial score (nSPS) is 11.3. The molecule has 0 spiro atoms. The van der Waals surface area contributed by atoms with Crippen molar-refractivity contribution in [1.29, 1.82) is 0 Å². The lowest BCUT2D eigenvalue weighted by molar-refractivity contribution is -0.123. The van der Waals surface area contributed by atoms with Crippen molar-refractivity contribution < 1.29 is 23.5 Å². The predicted molar refractivity (Wildman–Crippen MR) is 90.7 cm³/mol. The topological polar surface area (TPSA) is 84.5 Å². The molecular weight excluding hydrogens is 327 g/mol. The number of amides is 2. The number of nitrogens with one attached hydrogen (secondary N) is 2. The van der Waals surface area contributed by atoms with Crippen LogP contribution in [0.25, 0.3) is 0 Å². The molecule has 0 fully saturated rings.